The summed E-state index contributed by atoms with van der Waals surface area (Å²) in [5, 5.41) is 7.57. The van der Waals surface area contributed by atoms with Gasteiger partial charge < -0.3 is 10.6 Å². The molecule has 3 rings (SSSR count). The highest BCUT2D eigenvalue weighted by atomic mass is 32.1. The number of benzene rings is 1. The number of fused-ring (bicyclic) bond motifs is 1. The van der Waals surface area contributed by atoms with Gasteiger partial charge in [0.15, 0.2) is 0 Å². The van der Waals surface area contributed by atoms with Crippen LogP contribution in [0.2, 0.25) is 0 Å². The van der Waals surface area contributed by atoms with E-state index in [1.54, 1.807) is 11.3 Å². The smallest absolute Gasteiger partial charge is 0.252 e. The van der Waals surface area contributed by atoms with Gasteiger partial charge >= 0.3 is 0 Å². The number of hydrogen-bond acceptors (Lipinski definition) is 3. The minimum Gasteiger partial charge on any atom is -0.343 e. The Morgan fingerprint density at radius 1 is 1.12 bits per heavy atom. The van der Waals surface area contributed by atoms with E-state index in [-0.39, 0.29) is 18.4 Å². The van der Waals surface area contributed by atoms with Crippen LogP contribution >= 0.6 is 11.3 Å². The van der Waals surface area contributed by atoms with Crippen LogP contribution < -0.4 is 10.6 Å². The van der Waals surface area contributed by atoms with Crippen molar-refractivity contribution in [2.24, 2.45) is 0 Å². The lowest BCUT2D eigenvalue weighted by molar-refractivity contribution is -0.115. The van der Waals surface area contributed by atoms with Crippen LogP contribution in [0.4, 0.5) is 5.69 Å². The number of thiophene rings is 1. The van der Waals surface area contributed by atoms with E-state index in [9.17, 15) is 9.59 Å². The molecule has 1 aliphatic rings. The summed E-state index contributed by atoms with van der Waals surface area (Å²) in [7, 11) is 0. The first kappa shape index (κ1) is 16.7. The van der Waals surface area contributed by atoms with Gasteiger partial charge in [-0.1, -0.05) is 18.2 Å². The van der Waals surface area contributed by atoms with Crippen LogP contribution in [0.15, 0.2) is 23.6 Å². The molecule has 1 aliphatic carbocycles. The summed E-state index contributed by atoms with van der Waals surface area (Å²) in [5.41, 5.74) is 4.78. The molecule has 0 atom stereocenters. The Morgan fingerprint density at radius 3 is 2.58 bits per heavy atom. The van der Waals surface area contributed by atoms with Crippen LogP contribution in [0.1, 0.15) is 44.8 Å². The number of hydrogen-bond donors (Lipinski definition) is 2. The number of nitrogens with one attached hydrogen (secondary N) is 2. The standard InChI is InChI=1S/C19H22N2O2S/c1-12-6-5-7-13(2)18(12)21-17(22)10-20-19(23)15-11-24-16-9-4-3-8-14(15)16/h5-7,11H,3-4,8-10H2,1-2H3,(H,20,23)(H,21,22). The van der Waals surface area contributed by atoms with Crippen molar-refractivity contribution >= 4 is 28.8 Å². The second-order valence-electron chi connectivity index (χ2n) is 6.26. The van der Waals surface area contributed by atoms with Crippen molar-refractivity contribution in [3.8, 4) is 0 Å². The summed E-state index contributed by atoms with van der Waals surface area (Å²) < 4.78 is 0. The highest BCUT2D eigenvalue weighted by Crippen LogP contribution is 2.30. The second-order valence-corrected chi connectivity index (χ2v) is 7.22. The molecule has 0 saturated heterocycles. The molecular formula is C19H22N2O2S. The number of carbonyl (C=O) groups excluding carboxylic acids is 2. The predicted octanol–water partition coefficient (Wildman–Crippen LogP) is 3.61. The molecule has 1 aromatic heterocycles. The maximum atomic E-state index is 12.4. The third-order valence-corrected chi connectivity index (χ3v) is 5.55. The van der Waals surface area contributed by atoms with E-state index in [2.05, 4.69) is 10.6 Å². The van der Waals surface area contributed by atoms with Gasteiger partial charge in [-0.05, 0) is 56.2 Å². The number of aryl methyl sites for hydroxylation is 3. The zero-order valence-corrected chi connectivity index (χ0v) is 14.9. The van der Waals surface area contributed by atoms with E-state index in [0.717, 1.165) is 41.6 Å². The maximum Gasteiger partial charge on any atom is 0.252 e. The number of para-hydroxylation sites is 1. The molecule has 126 valence electrons. The molecule has 0 unspecified atom stereocenters. The molecule has 2 amide bonds. The van der Waals surface area contributed by atoms with E-state index in [4.69, 9.17) is 0 Å². The summed E-state index contributed by atoms with van der Waals surface area (Å²) >= 11 is 1.66. The van der Waals surface area contributed by atoms with Gasteiger partial charge in [-0.3, -0.25) is 9.59 Å². The lowest BCUT2D eigenvalue weighted by atomic mass is 9.96. The Balaban J connectivity index is 1.60. The predicted molar refractivity (Wildman–Crippen MR) is 97.8 cm³/mol. The normalized spacial score (nSPS) is 13.2. The molecule has 0 saturated carbocycles. The van der Waals surface area contributed by atoms with Crippen LogP contribution in [0, 0.1) is 13.8 Å². The molecule has 1 aromatic carbocycles. The maximum absolute atomic E-state index is 12.4. The zero-order chi connectivity index (χ0) is 17.1. The van der Waals surface area contributed by atoms with E-state index in [1.165, 1.54) is 16.9 Å². The highest BCUT2D eigenvalue weighted by molar-refractivity contribution is 7.10. The molecule has 2 aromatic rings. The number of amides is 2. The third-order valence-electron chi connectivity index (χ3n) is 4.46. The van der Waals surface area contributed by atoms with Gasteiger partial charge in [-0.25, -0.2) is 0 Å². The van der Waals surface area contributed by atoms with Crippen molar-refractivity contribution in [2.75, 3.05) is 11.9 Å². The van der Waals surface area contributed by atoms with Gasteiger partial charge in [-0.2, -0.15) is 0 Å². The SMILES string of the molecule is Cc1cccc(C)c1NC(=O)CNC(=O)c1csc2c1CCCC2. The highest BCUT2D eigenvalue weighted by Gasteiger charge is 2.20. The molecule has 0 bridgehead atoms. The Labute approximate surface area is 146 Å². The first-order valence-corrected chi connectivity index (χ1v) is 9.17. The van der Waals surface area contributed by atoms with Crippen LogP contribution in [0.3, 0.4) is 0 Å². The fraction of sp³-hybridized carbons (Fsp3) is 0.368. The van der Waals surface area contributed by atoms with Crippen molar-refractivity contribution in [1.29, 1.82) is 0 Å². The van der Waals surface area contributed by atoms with Crippen molar-refractivity contribution in [2.45, 2.75) is 39.5 Å². The first-order valence-electron chi connectivity index (χ1n) is 8.29. The Morgan fingerprint density at radius 2 is 1.83 bits per heavy atom. The van der Waals surface area contributed by atoms with Gasteiger partial charge in [0.1, 0.15) is 0 Å². The van der Waals surface area contributed by atoms with E-state index >= 15 is 0 Å². The van der Waals surface area contributed by atoms with E-state index in [1.807, 2.05) is 37.4 Å². The summed E-state index contributed by atoms with van der Waals surface area (Å²) in [6.45, 7) is 3.90. The largest absolute Gasteiger partial charge is 0.343 e. The van der Waals surface area contributed by atoms with Crippen molar-refractivity contribution in [1.82, 2.24) is 5.32 Å². The topological polar surface area (TPSA) is 58.2 Å². The molecular weight excluding hydrogens is 320 g/mol. The lowest BCUT2D eigenvalue weighted by Gasteiger charge is -2.13. The monoisotopic (exact) mass is 342 g/mol. The average molecular weight is 342 g/mol. The van der Waals surface area contributed by atoms with Gasteiger partial charge in [0, 0.05) is 15.9 Å². The summed E-state index contributed by atoms with van der Waals surface area (Å²) in [5.74, 6) is -0.351. The Hall–Kier alpha value is -2.14. The number of anilines is 1. The molecule has 0 fully saturated rings. The Bertz CT molecular complexity index is 759. The lowest BCUT2D eigenvalue weighted by Crippen LogP contribution is -2.33. The van der Waals surface area contributed by atoms with Crippen LogP contribution in [0.25, 0.3) is 0 Å². The summed E-state index contributed by atoms with van der Waals surface area (Å²) in [6.07, 6.45) is 4.38. The average Bonchev–Trinajstić information content (AvgIpc) is 3.00. The minimum atomic E-state index is -0.204. The van der Waals surface area contributed by atoms with Crippen LogP contribution in [-0.4, -0.2) is 18.4 Å². The molecule has 0 radical (unpaired) electrons. The molecule has 24 heavy (non-hydrogen) atoms. The minimum absolute atomic E-state index is 0.0166. The summed E-state index contributed by atoms with van der Waals surface area (Å²) in [4.78, 5) is 25.9. The molecule has 0 aliphatic heterocycles. The Kier molecular flexibility index (Phi) is 5.00. The van der Waals surface area contributed by atoms with Crippen molar-refractivity contribution < 1.29 is 9.59 Å². The third kappa shape index (κ3) is 3.51. The molecule has 4 nitrogen and oxygen atoms in total. The molecule has 0 spiro atoms. The van der Waals surface area contributed by atoms with Gasteiger partial charge in [0.25, 0.3) is 5.91 Å². The molecule has 1 heterocycles. The zero-order valence-electron chi connectivity index (χ0n) is 14.1. The van der Waals surface area contributed by atoms with Crippen LogP contribution in [0.5, 0.6) is 0 Å². The van der Waals surface area contributed by atoms with Crippen molar-refractivity contribution in [3.63, 3.8) is 0 Å². The van der Waals surface area contributed by atoms with Gasteiger partial charge in [0.05, 0.1) is 12.1 Å². The quantitative estimate of drug-likeness (QED) is 0.892. The van der Waals surface area contributed by atoms with Crippen LogP contribution in [-0.2, 0) is 17.6 Å². The van der Waals surface area contributed by atoms with Gasteiger partial charge in [-0.15, -0.1) is 11.3 Å². The van der Waals surface area contributed by atoms with Gasteiger partial charge in [0.2, 0.25) is 5.91 Å². The first-order chi connectivity index (χ1) is 11.6. The fourth-order valence-corrected chi connectivity index (χ4v) is 4.26. The number of rotatable bonds is 4. The molecule has 2 N–H and O–H groups in total. The summed E-state index contributed by atoms with van der Waals surface area (Å²) in [6, 6.07) is 5.87. The molecule has 5 heteroatoms. The van der Waals surface area contributed by atoms with E-state index < -0.39 is 0 Å². The second kappa shape index (κ2) is 7.18. The van der Waals surface area contributed by atoms with Crippen molar-refractivity contribution in [3.05, 3.63) is 50.7 Å². The fourth-order valence-electron chi connectivity index (χ4n) is 3.14. The number of carbonyl (C=O) groups is 2. The van der Waals surface area contributed by atoms with E-state index in [0.29, 0.717) is 0 Å².